The Balaban J connectivity index is 1.39. The summed E-state index contributed by atoms with van der Waals surface area (Å²) >= 11 is 6.39. The summed E-state index contributed by atoms with van der Waals surface area (Å²) in [7, 11) is 1.60. The molecule has 2 aromatic rings. The number of anilines is 2. The molecule has 0 aliphatic carbocycles. The summed E-state index contributed by atoms with van der Waals surface area (Å²) in [6, 6.07) is 5.73. The average molecular weight is 489 g/mol. The molecule has 2 unspecified atom stereocenters. The Labute approximate surface area is 205 Å². The smallest absolute Gasteiger partial charge is 0.305 e. The number of piperidine rings is 1. The number of carboxylic acids is 1. The van der Waals surface area contributed by atoms with Gasteiger partial charge in [-0.1, -0.05) is 32.4 Å². The maximum atomic E-state index is 11.4. The minimum atomic E-state index is -0.768. The predicted octanol–water partition coefficient (Wildman–Crippen LogP) is 4.37. The minimum Gasteiger partial charge on any atom is -0.481 e. The molecule has 0 aromatic carbocycles. The Morgan fingerprint density at radius 3 is 2.56 bits per heavy atom. The van der Waals surface area contributed by atoms with Gasteiger partial charge in [0.15, 0.2) is 0 Å². The molecule has 0 radical (unpaired) electrons. The van der Waals surface area contributed by atoms with E-state index >= 15 is 0 Å². The molecule has 1 N–H and O–H groups in total. The van der Waals surface area contributed by atoms with Gasteiger partial charge in [0.2, 0.25) is 11.8 Å². The lowest BCUT2D eigenvalue weighted by atomic mass is 9.92. The van der Waals surface area contributed by atoms with Crippen LogP contribution in [0.5, 0.6) is 11.8 Å². The van der Waals surface area contributed by atoms with Crippen molar-refractivity contribution in [1.82, 2.24) is 9.97 Å². The zero-order chi connectivity index (χ0) is 24.4. The summed E-state index contributed by atoms with van der Waals surface area (Å²) in [6.07, 6.45) is 4.44. The Morgan fingerprint density at radius 1 is 1.15 bits per heavy atom. The summed E-state index contributed by atoms with van der Waals surface area (Å²) in [5.41, 5.74) is 1.87. The van der Waals surface area contributed by atoms with E-state index in [2.05, 4.69) is 40.5 Å². The van der Waals surface area contributed by atoms with Crippen molar-refractivity contribution in [3.63, 3.8) is 0 Å². The topological polar surface area (TPSA) is 88.0 Å². The monoisotopic (exact) mass is 488 g/mol. The average Bonchev–Trinajstić information content (AvgIpc) is 3.09. The van der Waals surface area contributed by atoms with Crippen LogP contribution in [-0.2, 0) is 4.79 Å². The molecule has 2 aliphatic heterocycles. The van der Waals surface area contributed by atoms with Crippen LogP contribution < -0.4 is 19.3 Å². The van der Waals surface area contributed by atoms with Crippen molar-refractivity contribution in [2.75, 3.05) is 36.5 Å². The molecule has 184 valence electrons. The number of hydrogen-bond donors (Lipinski definition) is 1. The van der Waals surface area contributed by atoms with Crippen LogP contribution in [0.2, 0.25) is 5.02 Å². The molecule has 5 atom stereocenters. The first-order chi connectivity index (χ1) is 16.3. The Hall–Kier alpha value is -2.74. The second-order valence-electron chi connectivity index (χ2n) is 9.55. The molecule has 2 saturated heterocycles. The van der Waals surface area contributed by atoms with E-state index in [4.69, 9.17) is 21.1 Å². The number of ether oxygens (including phenoxy) is 2. The Morgan fingerprint density at radius 2 is 1.91 bits per heavy atom. The molecule has 4 heterocycles. The predicted molar refractivity (Wildman–Crippen MR) is 132 cm³/mol. The van der Waals surface area contributed by atoms with E-state index in [-0.39, 0.29) is 24.5 Å². The number of carbonyl (C=O) groups is 1. The van der Waals surface area contributed by atoms with Crippen molar-refractivity contribution in [1.29, 1.82) is 0 Å². The van der Waals surface area contributed by atoms with E-state index in [1.807, 2.05) is 18.2 Å². The third-order valence-electron chi connectivity index (χ3n) is 7.28. The summed E-state index contributed by atoms with van der Waals surface area (Å²) in [4.78, 5) is 24.5. The summed E-state index contributed by atoms with van der Waals surface area (Å²) in [6.45, 7) is 8.91. The highest BCUT2D eigenvalue weighted by Crippen LogP contribution is 2.36. The van der Waals surface area contributed by atoms with Crippen LogP contribution in [0.1, 0.15) is 33.6 Å². The molecular weight excluding hydrogens is 456 g/mol. The fraction of sp³-hybridized carbons (Fsp3) is 0.560. The van der Waals surface area contributed by atoms with Crippen molar-refractivity contribution in [3.8, 4) is 11.8 Å². The fourth-order valence-corrected chi connectivity index (χ4v) is 5.32. The third-order valence-corrected chi connectivity index (χ3v) is 7.58. The SMILES string of the molecule is COc1cc(N2CCC(Oc3ccc(N4C[C@H](C)[C@@H](C)[C@@H]4CC(=O)O)cn3)C(C)C2)c(Cl)cn1. The number of halogens is 1. The number of nitrogens with zero attached hydrogens (tertiary/aromatic N) is 4. The number of aromatic nitrogens is 2. The van der Waals surface area contributed by atoms with Gasteiger partial charge in [-0.3, -0.25) is 4.79 Å². The maximum absolute atomic E-state index is 11.4. The second kappa shape index (κ2) is 10.3. The molecule has 4 rings (SSSR count). The van der Waals surface area contributed by atoms with E-state index in [1.165, 1.54) is 0 Å². The van der Waals surface area contributed by atoms with Crippen LogP contribution >= 0.6 is 11.6 Å². The van der Waals surface area contributed by atoms with E-state index < -0.39 is 5.97 Å². The van der Waals surface area contributed by atoms with Crippen LogP contribution in [0.4, 0.5) is 11.4 Å². The number of rotatable bonds is 7. The Bertz CT molecular complexity index is 1000. The normalized spacial score (nSPS) is 27.0. The van der Waals surface area contributed by atoms with Gasteiger partial charge < -0.3 is 24.4 Å². The molecule has 2 aliphatic rings. The fourth-order valence-electron chi connectivity index (χ4n) is 5.10. The van der Waals surface area contributed by atoms with Crippen LogP contribution in [0.15, 0.2) is 30.6 Å². The highest BCUT2D eigenvalue weighted by atomic mass is 35.5. The first-order valence-corrected chi connectivity index (χ1v) is 12.2. The molecule has 34 heavy (non-hydrogen) atoms. The zero-order valence-electron chi connectivity index (χ0n) is 20.1. The van der Waals surface area contributed by atoms with Gasteiger partial charge in [-0.2, -0.15) is 0 Å². The molecule has 2 fully saturated rings. The van der Waals surface area contributed by atoms with Gasteiger partial charge in [0.25, 0.3) is 0 Å². The molecule has 0 spiro atoms. The van der Waals surface area contributed by atoms with Gasteiger partial charge in [-0.25, -0.2) is 9.97 Å². The van der Waals surface area contributed by atoms with Gasteiger partial charge in [0.1, 0.15) is 6.10 Å². The maximum Gasteiger partial charge on any atom is 0.305 e. The molecule has 2 aromatic heterocycles. The van der Waals surface area contributed by atoms with E-state index in [0.29, 0.717) is 28.6 Å². The molecule has 8 nitrogen and oxygen atoms in total. The highest BCUT2D eigenvalue weighted by molar-refractivity contribution is 6.33. The van der Waals surface area contributed by atoms with E-state index in [9.17, 15) is 9.90 Å². The lowest BCUT2D eigenvalue weighted by Gasteiger charge is -2.38. The van der Waals surface area contributed by atoms with Gasteiger partial charge in [-0.05, 0) is 17.9 Å². The van der Waals surface area contributed by atoms with Crippen LogP contribution in [-0.4, -0.2) is 59.9 Å². The van der Waals surface area contributed by atoms with Gasteiger partial charge in [0.05, 0.1) is 42.3 Å². The quantitative estimate of drug-likeness (QED) is 0.614. The van der Waals surface area contributed by atoms with E-state index in [1.54, 1.807) is 19.5 Å². The molecule has 0 saturated carbocycles. The first-order valence-electron chi connectivity index (χ1n) is 11.8. The van der Waals surface area contributed by atoms with Gasteiger partial charge in [0, 0.05) is 50.1 Å². The minimum absolute atomic E-state index is 0.0240. The van der Waals surface area contributed by atoms with Gasteiger partial charge in [-0.15, -0.1) is 0 Å². The summed E-state index contributed by atoms with van der Waals surface area (Å²) in [5.74, 6) is 1.38. The first kappa shape index (κ1) is 24.4. The molecule has 9 heteroatoms. The van der Waals surface area contributed by atoms with E-state index in [0.717, 1.165) is 37.4 Å². The van der Waals surface area contributed by atoms with Crippen LogP contribution in [0, 0.1) is 17.8 Å². The largest absolute Gasteiger partial charge is 0.481 e. The second-order valence-corrected chi connectivity index (χ2v) is 9.96. The summed E-state index contributed by atoms with van der Waals surface area (Å²) < 4.78 is 11.5. The lowest BCUT2D eigenvalue weighted by molar-refractivity contribution is -0.137. The molecular formula is C25H33ClN4O4. The van der Waals surface area contributed by atoms with Crippen molar-refractivity contribution in [2.24, 2.45) is 17.8 Å². The summed E-state index contributed by atoms with van der Waals surface area (Å²) in [5, 5.41) is 9.95. The van der Waals surface area contributed by atoms with Crippen LogP contribution in [0.3, 0.4) is 0 Å². The van der Waals surface area contributed by atoms with Crippen molar-refractivity contribution in [3.05, 3.63) is 35.6 Å². The lowest BCUT2D eigenvalue weighted by Crippen LogP contribution is -2.44. The van der Waals surface area contributed by atoms with Crippen molar-refractivity contribution < 1.29 is 19.4 Å². The van der Waals surface area contributed by atoms with Gasteiger partial charge >= 0.3 is 5.97 Å². The van der Waals surface area contributed by atoms with Crippen molar-refractivity contribution in [2.45, 2.75) is 45.8 Å². The zero-order valence-corrected chi connectivity index (χ0v) is 20.9. The molecule has 0 amide bonds. The number of hydrogen-bond acceptors (Lipinski definition) is 7. The third kappa shape index (κ3) is 5.17. The van der Waals surface area contributed by atoms with Crippen molar-refractivity contribution >= 4 is 28.9 Å². The number of aliphatic carboxylic acids is 1. The highest BCUT2D eigenvalue weighted by Gasteiger charge is 2.38. The number of methoxy groups -OCH3 is 1. The standard InChI is InChI=1S/C25H33ClN4O4/c1-15-14-30(20(17(15)3)10-25(31)32)18-5-6-23(27-11-18)34-22-7-8-29(13-16(22)2)21-9-24(33-4)28-12-19(21)26/h5-6,9,11-12,15-17,20,22H,7-8,10,13-14H2,1-4H3,(H,31,32)/t15-,16?,17+,20-,22?/m0/s1. The number of carboxylic acid groups (broad SMARTS) is 1. The number of pyridine rings is 2. The van der Waals surface area contributed by atoms with Crippen LogP contribution in [0.25, 0.3) is 0 Å². The Kier molecular flexibility index (Phi) is 7.36. The molecule has 0 bridgehead atoms.